The molecule has 0 bridgehead atoms. The standard InChI is InChI=1S/C22H24N2O5/c1-2-29-22(28)17-11-8-13-23(15-17)21(27)19(24-14-7-6-12-18(24)25)20(26)16-9-4-3-5-10-16/h3-7,9-10,12,14,17,19H,2,8,11,13,15H2,1H3. The van der Waals surface area contributed by atoms with E-state index in [1.165, 1.54) is 17.2 Å². The number of pyridine rings is 1. The highest BCUT2D eigenvalue weighted by Crippen LogP contribution is 2.23. The van der Waals surface area contributed by atoms with Crippen molar-refractivity contribution < 1.29 is 19.1 Å². The Balaban J connectivity index is 1.93. The van der Waals surface area contributed by atoms with E-state index in [-0.39, 0.29) is 19.1 Å². The molecule has 1 aliphatic rings. The van der Waals surface area contributed by atoms with Crippen LogP contribution in [0.3, 0.4) is 0 Å². The predicted molar refractivity (Wildman–Crippen MR) is 106 cm³/mol. The van der Waals surface area contributed by atoms with Crippen LogP contribution in [0.4, 0.5) is 0 Å². The zero-order valence-corrected chi connectivity index (χ0v) is 16.3. The van der Waals surface area contributed by atoms with Crippen LogP contribution in [0.15, 0.2) is 59.5 Å². The van der Waals surface area contributed by atoms with E-state index in [0.717, 1.165) is 4.57 Å². The number of aromatic nitrogens is 1. The summed E-state index contributed by atoms with van der Waals surface area (Å²) in [6.45, 7) is 2.62. The van der Waals surface area contributed by atoms with Crippen molar-refractivity contribution in [3.63, 3.8) is 0 Å². The first kappa shape index (κ1) is 20.5. The Morgan fingerprint density at radius 2 is 1.83 bits per heavy atom. The van der Waals surface area contributed by atoms with Crippen LogP contribution >= 0.6 is 0 Å². The zero-order valence-electron chi connectivity index (χ0n) is 16.3. The van der Waals surface area contributed by atoms with Gasteiger partial charge in [-0.05, 0) is 25.8 Å². The van der Waals surface area contributed by atoms with Crippen LogP contribution in [0.1, 0.15) is 36.2 Å². The molecular weight excluding hydrogens is 372 g/mol. The number of rotatable bonds is 6. The molecule has 0 N–H and O–H groups in total. The second-order valence-corrected chi connectivity index (χ2v) is 6.95. The highest BCUT2D eigenvalue weighted by molar-refractivity contribution is 6.11. The third-order valence-corrected chi connectivity index (χ3v) is 5.02. The lowest BCUT2D eigenvalue weighted by Gasteiger charge is -2.34. The summed E-state index contributed by atoms with van der Waals surface area (Å²) in [6, 6.07) is 11.6. The molecule has 152 valence electrons. The number of hydrogen-bond acceptors (Lipinski definition) is 5. The molecule has 3 rings (SSSR count). The topological polar surface area (TPSA) is 85.7 Å². The van der Waals surface area contributed by atoms with Crippen LogP contribution in [-0.2, 0) is 14.3 Å². The maximum Gasteiger partial charge on any atom is 0.310 e. The van der Waals surface area contributed by atoms with Gasteiger partial charge in [-0.25, -0.2) is 0 Å². The van der Waals surface area contributed by atoms with Crippen molar-refractivity contribution in [2.75, 3.05) is 19.7 Å². The molecule has 0 aliphatic carbocycles. The maximum atomic E-state index is 13.4. The van der Waals surface area contributed by atoms with Crippen LogP contribution < -0.4 is 5.56 Å². The van der Waals surface area contributed by atoms with Crippen molar-refractivity contribution in [3.8, 4) is 0 Å². The molecule has 2 aromatic rings. The van der Waals surface area contributed by atoms with Crippen molar-refractivity contribution in [1.29, 1.82) is 0 Å². The van der Waals surface area contributed by atoms with Crippen LogP contribution in [0.25, 0.3) is 0 Å². The summed E-state index contributed by atoms with van der Waals surface area (Å²) < 4.78 is 6.25. The summed E-state index contributed by atoms with van der Waals surface area (Å²) in [7, 11) is 0. The van der Waals surface area contributed by atoms with Gasteiger partial charge in [-0.3, -0.25) is 23.7 Å². The van der Waals surface area contributed by atoms with Gasteiger partial charge >= 0.3 is 5.97 Å². The minimum absolute atomic E-state index is 0.178. The lowest BCUT2D eigenvalue weighted by atomic mass is 9.96. The SMILES string of the molecule is CCOC(=O)C1CCCN(C(=O)C(C(=O)c2ccccc2)n2ccccc2=O)C1. The van der Waals surface area contributed by atoms with E-state index in [4.69, 9.17) is 4.74 Å². The van der Waals surface area contributed by atoms with Gasteiger partial charge in [0.25, 0.3) is 11.5 Å². The van der Waals surface area contributed by atoms with Crippen molar-refractivity contribution in [2.24, 2.45) is 5.92 Å². The van der Waals surface area contributed by atoms with Gasteiger partial charge in [0.1, 0.15) is 0 Å². The fourth-order valence-electron chi connectivity index (χ4n) is 3.57. The Morgan fingerprint density at radius 1 is 1.10 bits per heavy atom. The van der Waals surface area contributed by atoms with Gasteiger partial charge in [0.2, 0.25) is 0 Å². The normalized spacial score (nSPS) is 17.4. The highest BCUT2D eigenvalue weighted by Gasteiger charge is 2.37. The van der Waals surface area contributed by atoms with E-state index in [0.29, 0.717) is 24.9 Å². The van der Waals surface area contributed by atoms with Gasteiger partial charge < -0.3 is 9.64 Å². The molecule has 2 atom stereocenters. The van der Waals surface area contributed by atoms with Crippen molar-refractivity contribution in [2.45, 2.75) is 25.8 Å². The van der Waals surface area contributed by atoms with E-state index in [1.54, 1.807) is 49.4 Å². The molecule has 1 aromatic heterocycles. The number of nitrogens with zero attached hydrogens (tertiary/aromatic N) is 2. The van der Waals surface area contributed by atoms with E-state index >= 15 is 0 Å². The second-order valence-electron chi connectivity index (χ2n) is 6.95. The number of amides is 1. The van der Waals surface area contributed by atoms with E-state index in [2.05, 4.69) is 0 Å². The summed E-state index contributed by atoms with van der Waals surface area (Å²) >= 11 is 0. The first-order valence-electron chi connectivity index (χ1n) is 9.74. The molecule has 7 nitrogen and oxygen atoms in total. The Bertz CT molecular complexity index is 937. The molecule has 1 amide bonds. The summed E-state index contributed by atoms with van der Waals surface area (Å²) in [5, 5.41) is 0. The number of ketones is 1. The Morgan fingerprint density at radius 3 is 2.52 bits per heavy atom. The molecular formula is C22H24N2O5. The molecule has 1 aliphatic heterocycles. The molecule has 0 spiro atoms. The van der Waals surface area contributed by atoms with Gasteiger partial charge in [-0.15, -0.1) is 0 Å². The van der Waals surface area contributed by atoms with Gasteiger partial charge in [0.15, 0.2) is 11.8 Å². The van der Waals surface area contributed by atoms with Crippen molar-refractivity contribution in [1.82, 2.24) is 9.47 Å². The quantitative estimate of drug-likeness (QED) is 0.424. The molecule has 1 aromatic carbocycles. The molecule has 29 heavy (non-hydrogen) atoms. The number of carbonyl (C=O) groups excluding carboxylic acids is 3. The number of carbonyl (C=O) groups is 3. The van der Waals surface area contributed by atoms with Crippen molar-refractivity contribution >= 4 is 17.7 Å². The first-order chi connectivity index (χ1) is 14.0. The number of Topliss-reactive ketones (excluding diaryl/α,β-unsaturated/α-hetero) is 1. The van der Waals surface area contributed by atoms with Crippen LogP contribution in [0, 0.1) is 5.92 Å². The first-order valence-corrected chi connectivity index (χ1v) is 9.74. The van der Waals surface area contributed by atoms with Crippen LogP contribution in [0.5, 0.6) is 0 Å². The van der Waals surface area contributed by atoms with Crippen molar-refractivity contribution in [3.05, 3.63) is 70.6 Å². The number of hydrogen-bond donors (Lipinski definition) is 0. The largest absolute Gasteiger partial charge is 0.466 e. The molecule has 2 heterocycles. The van der Waals surface area contributed by atoms with Gasteiger partial charge in [-0.2, -0.15) is 0 Å². The molecule has 2 unspecified atom stereocenters. The third kappa shape index (κ3) is 4.62. The summed E-state index contributed by atoms with van der Waals surface area (Å²) in [4.78, 5) is 52.6. The van der Waals surface area contributed by atoms with Crippen LogP contribution in [0.2, 0.25) is 0 Å². The lowest BCUT2D eigenvalue weighted by molar-refractivity contribution is -0.151. The number of ether oxygens (including phenoxy) is 1. The van der Waals surface area contributed by atoms with Gasteiger partial charge in [0, 0.05) is 30.9 Å². The number of likely N-dealkylation sites (tertiary alicyclic amines) is 1. The molecule has 7 heteroatoms. The second kappa shape index (κ2) is 9.32. The fourth-order valence-corrected chi connectivity index (χ4v) is 3.57. The Kier molecular flexibility index (Phi) is 6.59. The van der Waals surface area contributed by atoms with Crippen LogP contribution in [-0.4, -0.2) is 46.8 Å². The summed E-state index contributed by atoms with van der Waals surface area (Å²) in [5.41, 5.74) is -0.0883. The molecule has 1 fully saturated rings. The lowest BCUT2D eigenvalue weighted by Crippen LogP contribution is -2.48. The minimum atomic E-state index is -1.31. The van der Waals surface area contributed by atoms with E-state index in [9.17, 15) is 19.2 Å². The summed E-state index contributed by atoms with van der Waals surface area (Å²) in [6.07, 6.45) is 2.70. The van der Waals surface area contributed by atoms with Gasteiger partial charge in [-0.1, -0.05) is 36.4 Å². The number of piperidine rings is 1. The molecule has 0 radical (unpaired) electrons. The molecule has 0 saturated carbocycles. The predicted octanol–water partition coefficient (Wildman–Crippen LogP) is 2.07. The Labute approximate surface area is 168 Å². The average molecular weight is 396 g/mol. The average Bonchev–Trinajstić information content (AvgIpc) is 2.76. The molecule has 1 saturated heterocycles. The van der Waals surface area contributed by atoms with Gasteiger partial charge in [0.05, 0.1) is 12.5 Å². The number of esters is 1. The maximum absolute atomic E-state index is 13.4. The zero-order chi connectivity index (χ0) is 20.8. The van der Waals surface area contributed by atoms with E-state index in [1.807, 2.05) is 0 Å². The highest BCUT2D eigenvalue weighted by atomic mass is 16.5. The minimum Gasteiger partial charge on any atom is -0.466 e. The number of benzene rings is 1. The third-order valence-electron chi connectivity index (χ3n) is 5.02. The summed E-state index contributed by atoms with van der Waals surface area (Å²) in [5.74, 6) is -1.70. The monoisotopic (exact) mass is 396 g/mol. The smallest absolute Gasteiger partial charge is 0.310 e. The van der Waals surface area contributed by atoms with E-state index < -0.39 is 29.2 Å². The Hall–Kier alpha value is -3.22. The fraction of sp³-hybridized carbons (Fsp3) is 0.364.